The highest BCUT2D eigenvalue weighted by Crippen LogP contribution is 2.37. The highest BCUT2D eigenvalue weighted by Gasteiger charge is 2.34. The van der Waals surface area contributed by atoms with Crippen molar-refractivity contribution in [3.8, 4) is 0 Å². The van der Waals surface area contributed by atoms with E-state index in [2.05, 4.69) is 0 Å². The third-order valence-electron chi connectivity index (χ3n) is 2.19. The molecule has 1 N–H and O–H groups in total. The number of hydrogen-bond donors (Lipinski definition) is 1. The van der Waals surface area contributed by atoms with Crippen LogP contribution in [0.5, 0.6) is 0 Å². The average Bonchev–Trinajstić information content (AvgIpc) is 2.58. The average molecular weight is 228 g/mol. The maximum Gasteiger partial charge on any atom is 0.275 e. The quantitative estimate of drug-likeness (QED) is 0.832. The van der Waals surface area contributed by atoms with Crippen LogP contribution in [0.25, 0.3) is 10.1 Å². The molecule has 0 fully saturated rings. The zero-order chi connectivity index (χ0) is 11.1. The largest absolute Gasteiger partial charge is 0.381 e. The van der Waals surface area contributed by atoms with Crippen molar-refractivity contribution in [2.24, 2.45) is 0 Å². The summed E-state index contributed by atoms with van der Waals surface area (Å²) in [7, 11) is 0. The molecule has 0 amide bonds. The van der Waals surface area contributed by atoms with Crippen LogP contribution in [0.15, 0.2) is 30.3 Å². The minimum absolute atomic E-state index is 0.309. The topological polar surface area (TPSA) is 20.2 Å². The van der Waals surface area contributed by atoms with Gasteiger partial charge in [0.2, 0.25) is 0 Å². The summed E-state index contributed by atoms with van der Waals surface area (Å²) in [5.41, 5.74) is 0. The second-order valence-electron chi connectivity index (χ2n) is 3.55. The summed E-state index contributed by atoms with van der Waals surface area (Å²) in [5.74, 6) is -3.10. The molecule has 0 aliphatic heterocycles. The highest BCUT2D eigenvalue weighted by molar-refractivity contribution is 7.19. The molecule has 0 aliphatic rings. The number of aliphatic hydroxyl groups excluding tert-OH is 1. The van der Waals surface area contributed by atoms with Gasteiger partial charge in [-0.3, -0.25) is 0 Å². The van der Waals surface area contributed by atoms with Crippen LogP contribution in [0, 0.1) is 0 Å². The summed E-state index contributed by atoms with van der Waals surface area (Å²) >= 11 is 1.20. The van der Waals surface area contributed by atoms with Gasteiger partial charge < -0.3 is 5.11 Å². The smallest absolute Gasteiger partial charge is 0.275 e. The van der Waals surface area contributed by atoms with Crippen molar-refractivity contribution in [3.63, 3.8) is 0 Å². The Morgan fingerprint density at radius 1 is 1.33 bits per heavy atom. The van der Waals surface area contributed by atoms with Crippen molar-refractivity contribution in [1.82, 2.24) is 0 Å². The van der Waals surface area contributed by atoms with Crippen LogP contribution in [-0.4, -0.2) is 11.0 Å². The summed E-state index contributed by atoms with van der Waals surface area (Å²) in [6.45, 7) is 0.724. The zero-order valence-corrected chi connectivity index (χ0v) is 8.89. The van der Waals surface area contributed by atoms with Crippen molar-refractivity contribution in [3.05, 3.63) is 35.2 Å². The molecule has 0 saturated heterocycles. The van der Waals surface area contributed by atoms with E-state index in [0.29, 0.717) is 4.88 Å². The van der Waals surface area contributed by atoms with E-state index in [4.69, 9.17) is 0 Å². The molecule has 0 saturated carbocycles. The lowest BCUT2D eigenvalue weighted by atomic mass is 10.1. The zero-order valence-electron chi connectivity index (χ0n) is 8.08. The van der Waals surface area contributed by atoms with Gasteiger partial charge >= 0.3 is 0 Å². The third-order valence-corrected chi connectivity index (χ3v) is 3.36. The van der Waals surface area contributed by atoms with Crippen molar-refractivity contribution >= 4 is 21.4 Å². The van der Waals surface area contributed by atoms with Crippen LogP contribution in [-0.2, 0) is 0 Å². The predicted octanol–water partition coefficient (Wildman–Crippen LogP) is 3.59. The summed E-state index contributed by atoms with van der Waals surface area (Å²) in [6.07, 6.45) is -1.71. The van der Waals surface area contributed by atoms with E-state index in [1.807, 2.05) is 24.3 Å². The van der Waals surface area contributed by atoms with E-state index in [1.165, 1.54) is 11.3 Å². The van der Waals surface area contributed by atoms with E-state index < -0.39 is 12.0 Å². The van der Waals surface area contributed by atoms with Gasteiger partial charge in [-0.1, -0.05) is 18.2 Å². The second-order valence-corrected chi connectivity index (χ2v) is 4.66. The van der Waals surface area contributed by atoms with Gasteiger partial charge in [0.1, 0.15) is 0 Å². The molecule has 1 atom stereocenters. The summed E-state index contributed by atoms with van der Waals surface area (Å²) in [4.78, 5) is 0.309. The first-order valence-corrected chi connectivity index (χ1v) is 5.34. The van der Waals surface area contributed by atoms with E-state index >= 15 is 0 Å². The van der Waals surface area contributed by atoms with Crippen LogP contribution >= 0.6 is 11.3 Å². The molecule has 1 nitrogen and oxygen atoms in total. The molecule has 2 rings (SSSR count). The number of benzene rings is 1. The Bertz CT molecular complexity index is 440. The number of halogens is 2. The highest BCUT2D eigenvalue weighted by atomic mass is 32.1. The van der Waals surface area contributed by atoms with Crippen LogP contribution in [0.1, 0.15) is 17.9 Å². The Balaban J connectivity index is 2.45. The number of fused-ring (bicyclic) bond motifs is 1. The van der Waals surface area contributed by atoms with Crippen LogP contribution in [0.4, 0.5) is 8.78 Å². The van der Waals surface area contributed by atoms with Gasteiger partial charge in [0.15, 0.2) is 6.10 Å². The molecule has 0 bridgehead atoms. The van der Waals surface area contributed by atoms with Gasteiger partial charge in [0.05, 0.1) is 0 Å². The lowest BCUT2D eigenvalue weighted by molar-refractivity contribution is -0.0937. The third kappa shape index (κ3) is 2.01. The lowest BCUT2D eigenvalue weighted by Crippen LogP contribution is -2.20. The minimum atomic E-state index is -3.10. The number of aliphatic hydroxyl groups is 1. The maximum atomic E-state index is 12.9. The molecule has 4 heteroatoms. The van der Waals surface area contributed by atoms with E-state index in [1.54, 1.807) is 6.07 Å². The molecule has 15 heavy (non-hydrogen) atoms. The van der Waals surface area contributed by atoms with E-state index in [-0.39, 0.29) is 0 Å². The van der Waals surface area contributed by atoms with Crippen molar-refractivity contribution < 1.29 is 13.9 Å². The van der Waals surface area contributed by atoms with Gasteiger partial charge in [-0.15, -0.1) is 11.3 Å². The fourth-order valence-corrected chi connectivity index (χ4v) is 2.54. The monoisotopic (exact) mass is 228 g/mol. The molecule has 80 valence electrons. The van der Waals surface area contributed by atoms with Gasteiger partial charge in [-0.05, 0) is 17.5 Å². The van der Waals surface area contributed by atoms with Gasteiger partial charge in [-0.2, -0.15) is 0 Å². The molecule has 0 aliphatic carbocycles. The fraction of sp³-hybridized carbons (Fsp3) is 0.273. The number of rotatable bonds is 2. The van der Waals surface area contributed by atoms with Crippen LogP contribution in [0.2, 0.25) is 0 Å². The second kappa shape index (κ2) is 3.54. The van der Waals surface area contributed by atoms with Gasteiger partial charge in [0, 0.05) is 16.5 Å². The molecule has 0 spiro atoms. The molecule has 1 aromatic carbocycles. The normalized spacial score (nSPS) is 14.4. The van der Waals surface area contributed by atoms with Crippen LogP contribution in [0.3, 0.4) is 0 Å². The van der Waals surface area contributed by atoms with Gasteiger partial charge in [0.25, 0.3) is 5.92 Å². The van der Waals surface area contributed by atoms with E-state index in [0.717, 1.165) is 17.0 Å². The van der Waals surface area contributed by atoms with Crippen molar-refractivity contribution in [2.75, 3.05) is 0 Å². The number of thiophene rings is 1. The molecular weight excluding hydrogens is 218 g/mol. The molecule has 2 aromatic rings. The Labute approximate surface area is 90.0 Å². The first-order valence-electron chi connectivity index (χ1n) is 4.53. The SMILES string of the molecule is CC(F)(F)C(O)c1cc2ccccc2s1. The molecule has 1 heterocycles. The molecule has 1 unspecified atom stereocenters. The Hall–Kier alpha value is -1.00. The summed E-state index contributed by atoms with van der Waals surface area (Å²) in [5, 5.41) is 10.3. The summed E-state index contributed by atoms with van der Waals surface area (Å²) in [6, 6.07) is 9.00. The Morgan fingerprint density at radius 2 is 2.00 bits per heavy atom. The predicted molar refractivity (Wildman–Crippen MR) is 57.4 cm³/mol. The molecular formula is C11H10F2OS. The standard InChI is InChI=1S/C11H10F2OS/c1-11(12,13)10(14)9-6-7-4-2-3-5-8(7)15-9/h2-6,10,14H,1H3. The fourth-order valence-electron chi connectivity index (χ4n) is 1.39. The van der Waals surface area contributed by atoms with Crippen molar-refractivity contribution in [2.45, 2.75) is 19.0 Å². The Morgan fingerprint density at radius 3 is 2.60 bits per heavy atom. The number of hydrogen-bond acceptors (Lipinski definition) is 2. The first-order chi connectivity index (χ1) is 6.98. The van der Waals surface area contributed by atoms with Gasteiger partial charge in [-0.25, -0.2) is 8.78 Å². The van der Waals surface area contributed by atoms with Crippen molar-refractivity contribution in [1.29, 1.82) is 0 Å². The van der Waals surface area contributed by atoms with E-state index in [9.17, 15) is 13.9 Å². The first kappa shape index (κ1) is 10.5. The number of alkyl halides is 2. The molecule has 0 radical (unpaired) electrons. The minimum Gasteiger partial charge on any atom is -0.381 e. The summed E-state index contributed by atoms with van der Waals surface area (Å²) < 4.78 is 26.7. The molecule has 1 aromatic heterocycles. The maximum absolute atomic E-state index is 12.9. The van der Waals surface area contributed by atoms with Crippen LogP contribution < -0.4 is 0 Å². The lowest BCUT2D eigenvalue weighted by Gasteiger charge is -2.15. The Kier molecular flexibility index (Phi) is 2.48.